The number of halogens is 1. The summed E-state index contributed by atoms with van der Waals surface area (Å²) in [6, 6.07) is 18.2. The van der Waals surface area contributed by atoms with Gasteiger partial charge >= 0.3 is 0 Å². The first kappa shape index (κ1) is 14.1. The largest absolute Gasteiger partial charge is 0.494 e. The Labute approximate surface area is 122 Å². The Kier molecular flexibility index (Phi) is 5.43. The summed E-state index contributed by atoms with van der Waals surface area (Å²) in [6.45, 7) is 0.652. The minimum Gasteiger partial charge on any atom is -0.494 e. The van der Waals surface area contributed by atoms with Gasteiger partial charge in [0.05, 0.1) is 6.61 Å². The number of hydrogen-bond acceptors (Lipinski definition) is 2. The normalized spacial score (nSPS) is 12.1. The van der Waals surface area contributed by atoms with Crippen LogP contribution in [-0.2, 0) is 6.42 Å². The van der Waals surface area contributed by atoms with E-state index >= 15 is 0 Å². The molecule has 0 heterocycles. The molecule has 2 aromatic rings. The van der Waals surface area contributed by atoms with Crippen LogP contribution in [0.2, 0.25) is 0 Å². The molecule has 0 amide bonds. The summed E-state index contributed by atoms with van der Waals surface area (Å²) in [5.41, 5.74) is 7.38. The summed E-state index contributed by atoms with van der Waals surface area (Å²) >= 11 is 3.47. The van der Waals surface area contributed by atoms with Crippen LogP contribution in [0.1, 0.15) is 12.0 Å². The molecule has 0 saturated carbocycles. The summed E-state index contributed by atoms with van der Waals surface area (Å²) in [5.74, 6) is 0.900. The maximum absolute atomic E-state index is 6.12. The van der Waals surface area contributed by atoms with Gasteiger partial charge in [0.25, 0.3) is 0 Å². The van der Waals surface area contributed by atoms with E-state index in [1.54, 1.807) is 0 Å². The van der Waals surface area contributed by atoms with Gasteiger partial charge in [-0.1, -0.05) is 46.3 Å². The maximum Gasteiger partial charge on any atom is 0.119 e. The Balaban J connectivity index is 1.74. The molecular formula is C16H18BrNO. The van der Waals surface area contributed by atoms with E-state index in [9.17, 15) is 0 Å². The van der Waals surface area contributed by atoms with Crippen molar-refractivity contribution >= 4 is 15.9 Å². The van der Waals surface area contributed by atoms with Gasteiger partial charge in [-0.2, -0.15) is 0 Å². The molecule has 1 unspecified atom stereocenters. The Morgan fingerprint density at radius 1 is 1.05 bits per heavy atom. The van der Waals surface area contributed by atoms with Gasteiger partial charge in [0.2, 0.25) is 0 Å². The van der Waals surface area contributed by atoms with Crippen LogP contribution in [0.25, 0.3) is 0 Å². The average Bonchev–Trinajstić information content (AvgIpc) is 2.40. The van der Waals surface area contributed by atoms with Gasteiger partial charge in [-0.15, -0.1) is 0 Å². The third-order valence-electron chi connectivity index (χ3n) is 2.89. The first-order chi connectivity index (χ1) is 9.24. The fourth-order valence-corrected chi connectivity index (χ4v) is 2.36. The molecule has 0 saturated heterocycles. The van der Waals surface area contributed by atoms with E-state index in [0.29, 0.717) is 6.61 Å². The summed E-state index contributed by atoms with van der Waals surface area (Å²) in [4.78, 5) is 0. The first-order valence-corrected chi connectivity index (χ1v) is 7.21. The number of para-hydroxylation sites is 1. The zero-order chi connectivity index (χ0) is 13.5. The SMILES string of the molecule is NC(CCOc1ccccc1)Cc1cccc(Br)c1. The number of rotatable bonds is 6. The van der Waals surface area contributed by atoms with Crippen molar-refractivity contribution in [1.29, 1.82) is 0 Å². The minimum absolute atomic E-state index is 0.123. The molecule has 0 radical (unpaired) electrons. The van der Waals surface area contributed by atoms with Crippen molar-refractivity contribution in [3.8, 4) is 5.75 Å². The molecule has 0 spiro atoms. The van der Waals surface area contributed by atoms with Crippen molar-refractivity contribution in [1.82, 2.24) is 0 Å². The lowest BCUT2D eigenvalue weighted by molar-refractivity contribution is 0.297. The van der Waals surface area contributed by atoms with Crippen molar-refractivity contribution in [3.05, 3.63) is 64.6 Å². The molecule has 19 heavy (non-hydrogen) atoms. The average molecular weight is 320 g/mol. The quantitative estimate of drug-likeness (QED) is 0.879. The smallest absolute Gasteiger partial charge is 0.119 e. The van der Waals surface area contributed by atoms with Gasteiger partial charge in [0, 0.05) is 10.5 Å². The highest BCUT2D eigenvalue weighted by molar-refractivity contribution is 9.10. The molecule has 2 nitrogen and oxygen atoms in total. The molecule has 2 N–H and O–H groups in total. The monoisotopic (exact) mass is 319 g/mol. The van der Waals surface area contributed by atoms with Gasteiger partial charge in [0.15, 0.2) is 0 Å². The third-order valence-corrected chi connectivity index (χ3v) is 3.38. The maximum atomic E-state index is 6.12. The zero-order valence-electron chi connectivity index (χ0n) is 10.8. The van der Waals surface area contributed by atoms with Gasteiger partial charge < -0.3 is 10.5 Å². The molecule has 0 aliphatic rings. The van der Waals surface area contributed by atoms with Gasteiger partial charge in [0.1, 0.15) is 5.75 Å². The lowest BCUT2D eigenvalue weighted by Crippen LogP contribution is -2.25. The van der Waals surface area contributed by atoms with Crippen molar-refractivity contribution in [2.45, 2.75) is 18.9 Å². The van der Waals surface area contributed by atoms with Gasteiger partial charge in [-0.05, 0) is 42.7 Å². The lowest BCUT2D eigenvalue weighted by Gasteiger charge is -2.12. The second kappa shape index (κ2) is 7.31. The van der Waals surface area contributed by atoms with E-state index in [4.69, 9.17) is 10.5 Å². The highest BCUT2D eigenvalue weighted by Gasteiger charge is 2.05. The molecular weight excluding hydrogens is 302 g/mol. The van der Waals surface area contributed by atoms with E-state index in [-0.39, 0.29) is 6.04 Å². The van der Waals surface area contributed by atoms with Crippen LogP contribution in [0.4, 0.5) is 0 Å². The fourth-order valence-electron chi connectivity index (χ4n) is 1.91. The second-order valence-corrected chi connectivity index (χ2v) is 5.46. The van der Waals surface area contributed by atoms with Crippen molar-refractivity contribution in [3.63, 3.8) is 0 Å². The number of benzene rings is 2. The number of hydrogen-bond donors (Lipinski definition) is 1. The Hall–Kier alpha value is -1.32. The van der Waals surface area contributed by atoms with Crippen LogP contribution >= 0.6 is 15.9 Å². The topological polar surface area (TPSA) is 35.2 Å². The molecule has 100 valence electrons. The Morgan fingerprint density at radius 3 is 2.58 bits per heavy atom. The second-order valence-electron chi connectivity index (χ2n) is 4.54. The van der Waals surface area contributed by atoms with Gasteiger partial charge in [-0.3, -0.25) is 0 Å². The highest BCUT2D eigenvalue weighted by atomic mass is 79.9. The van der Waals surface area contributed by atoms with Crippen molar-refractivity contribution in [2.75, 3.05) is 6.61 Å². The van der Waals surface area contributed by atoms with E-state index in [1.807, 2.05) is 42.5 Å². The lowest BCUT2D eigenvalue weighted by atomic mass is 10.0. The molecule has 0 aromatic heterocycles. The van der Waals surface area contributed by atoms with Crippen LogP contribution in [-0.4, -0.2) is 12.6 Å². The van der Waals surface area contributed by atoms with E-state index in [2.05, 4.69) is 28.1 Å². The van der Waals surface area contributed by atoms with E-state index in [0.717, 1.165) is 23.1 Å². The summed E-state index contributed by atoms with van der Waals surface area (Å²) < 4.78 is 6.74. The molecule has 3 heteroatoms. The summed E-state index contributed by atoms with van der Waals surface area (Å²) in [7, 11) is 0. The summed E-state index contributed by atoms with van der Waals surface area (Å²) in [5, 5.41) is 0. The van der Waals surface area contributed by atoms with E-state index in [1.165, 1.54) is 5.56 Å². The van der Waals surface area contributed by atoms with E-state index < -0.39 is 0 Å². The molecule has 1 atom stereocenters. The van der Waals surface area contributed by atoms with Crippen LogP contribution < -0.4 is 10.5 Å². The molecule has 0 aliphatic carbocycles. The minimum atomic E-state index is 0.123. The summed E-state index contributed by atoms with van der Waals surface area (Å²) in [6.07, 6.45) is 1.72. The van der Waals surface area contributed by atoms with Crippen molar-refractivity contribution < 1.29 is 4.74 Å². The predicted octanol–water partition coefficient (Wildman–Crippen LogP) is 3.79. The highest BCUT2D eigenvalue weighted by Crippen LogP contribution is 2.14. The first-order valence-electron chi connectivity index (χ1n) is 6.42. The number of ether oxygens (including phenoxy) is 1. The van der Waals surface area contributed by atoms with Crippen LogP contribution in [0.3, 0.4) is 0 Å². The zero-order valence-corrected chi connectivity index (χ0v) is 12.3. The molecule has 0 bridgehead atoms. The Morgan fingerprint density at radius 2 is 1.84 bits per heavy atom. The standard InChI is InChI=1S/C16H18BrNO/c17-14-6-4-5-13(11-14)12-15(18)9-10-19-16-7-2-1-3-8-16/h1-8,11,15H,9-10,12,18H2. The number of nitrogens with two attached hydrogens (primary N) is 1. The Bertz CT molecular complexity index is 501. The van der Waals surface area contributed by atoms with Crippen LogP contribution in [0, 0.1) is 0 Å². The molecule has 2 rings (SSSR count). The van der Waals surface area contributed by atoms with Gasteiger partial charge in [-0.25, -0.2) is 0 Å². The molecule has 2 aromatic carbocycles. The van der Waals surface area contributed by atoms with Crippen molar-refractivity contribution in [2.24, 2.45) is 5.73 Å². The van der Waals surface area contributed by atoms with Crippen LogP contribution in [0.5, 0.6) is 5.75 Å². The third kappa shape index (κ3) is 5.05. The fraction of sp³-hybridized carbons (Fsp3) is 0.250. The predicted molar refractivity (Wildman–Crippen MR) is 82.4 cm³/mol. The van der Waals surface area contributed by atoms with Crippen LogP contribution in [0.15, 0.2) is 59.1 Å². The molecule has 0 fully saturated rings. The molecule has 0 aliphatic heterocycles.